The van der Waals surface area contributed by atoms with E-state index in [2.05, 4.69) is 15.4 Å². The monoisotopic (exact) mass is 527 g/mol. The van der Waals surface area contributed by atoms with Crippen LogP contribution in [0.25, 0.3) is 5.69 Å². The van der Waals surface area contributed by atoms with E-state index in [0.29, 0.717) is 36.0 Å². The molecule has 9 heteroatoms. The molecule has 3 heterocycles. The van der Waals surface area contributed by atoms with Crippen LogP contribution in [0.2, 0.25) is 0 Å². The third-order valence-electron chi connectivity index (χ3n) is 6.72. The fraction of sp³-hybridized carbons (Fsp3) is 0.267. The second-order valence-corrected chi connectivity index (χ2v) is 9.84. The number of likely N-dealkylation sites (tertiary alicyclic amines) is 1. The van der Waals surface area contributed by atoms with Crippen LogP contribution in [0.15, 0.2) is 79.4 Å². The number of pyridine rings is 1. The summed E-state index contributed by atoms with van der Waals surface area (Å²) in [5.74, 6) is -0.487. The average molecular weight is 528 g/mol. The van der Waals surface area contributed by atoms with E-state index >= 15 is 0 Å². The molecule has 0 radical (unpaired) electrons. The first-order valence-electron chi connectivity index (χ1n) is 13.0. The number of benzene rings is 2. The van der Waals surface area contributed by atoms with Crippen LogP contribution in [0, 0.1) is 5.82 Å². The van der Waals surface area contributed by atoms with Crippen LogP contribution in [0.1, 0.15) is 58.9 Å². The summed E-state index contributed by atoms with van der Waals surface area (Å²) in [5, 5.41) is 7.06. The summed E-state index contributed by atoms with van der Waals surface area (Å²) in [5.41, 5.74) is 3.04. The summed E-state index contributed by atoms with van der Waals surface area (Å²) < 4.78 is 21.6. The molecule has 2 aromatic heterocycles. The van der Waals surface area contributed by atoms with Crippen LogP contribution in [0.5, 0.6) is 5.75 Å². The van der Waals surface area contributed by atoms with Gasteiger partial charge in [-0.05, 0) is 74.6 Å². The fourth-order valence-corrected chi connectivity index (χ4v) is 4.72. The van der Waals surface area contributed by atoms with Crippen molar-refractivity contribution < 1.29 is 18.7 Å². The molecule has 0 aliphatic carbocycles. The molecule has 0 unspecified atom stereocenters. The molecule has 1 aliphatic rings. The van der Waals surface area contributed by atoms with Crippen molar-refractivity contribution in [3.63, 3.8) is 0 Å². The molecular formula is C30H30FN5O3. The number of halogens is 1. The molecule has 2 amide bonds. The zero-order valence-electron chi connectivity index (χ0n) is 21.9. The quantitative estimate of drug-likeness (QED) is 0.345. The van der Waals surface area contributed by atoms with E-state index in [0.717, 1.165) is 24.1 Å². The summed E-state index contributed by atoms with van der Waals surface area (Å²) >= 11 is 0. The van der Waals surface area contributed by atoms with Gasteiger partial charge in [0.1, 0.15) is 11.6 Å². The Bertz CT molecular complexity index is 1450. The van der Waals surface area contributed by atoms with Crippen molar-refractivity contribution in [2.45, 2.75) is 38.7 Å². The Morgan fingerprint density at radius 1 is 1.05 bits per heavy atom. The zero-order valence-corrected chi connectivity index (χ0v) is 21.9. The van der Waals surface area contributed by atoms with Crippen molar-refractivity contribution >= 4 is 17.5 Å². The number of rotatable bonds is 7. The van der Waals surface area contributed by atoms with E-state index in [1.54, 1.807) is 35.5 Å². The minimum Gasteiger partial charge on any atom is -0.491 e. The summed E-state index contributed by atoms with van der Waals surface area (Å²) in [4.78, 5) is 31.6. The van der Waals surface area contributed by atoms with E-state index in [1.165, 1.54) is 12.1 Å². The first-order chi connectivity index (χ1) is 18.9. The van der Waals surface area contributed by atoms with Crippen molar-refractivity contribution in [3.05, 3.63) is 102 Å². The molecule has 1 aliphatic heterocycles. The minimum absolute atomic E-state index is 0.0299. The van der Waals surface area contributed by atoms with Crippen molar-refractivity contribution in [2.75, 3.05) is 18.4 Å². The Kier molecular flexibility index (Phi) is 7.67. The first-order valence-corrected chi connectivity index (χ1v) is 13.0. The number of amides is 2. The SMILES string of the molecule is CC(C)Oc1ccc(C(=O)Nc2ccc(C3CCN(C(=O)c4cnn(-c5cccnc5)c4)CC3)cc2)c(F)c1. The van der Waals surface area contributed by atoms with Crippen LogP contribution in [0.4, 0.5) is 10.1 Å². The van der Waals surface area contributed by atoms with Crippen LogP contribution < -0.4 is 10.1 Å². The third kappa shape index (κ3) is 6.14. The second kappa shape index (κ2) is 11.5. The molecule has 1 saturated heterocycles. The van der Waals surface area contributed by atoms with Gasteiger partial charge in [-0.15, -0.1) is 0 Å². The highest BCUT2D eigenvalue weighted by Gasteiger charge is 2.25. The number of nitrogens with one attached hydrogen (secondary N) is 1. The topological polar surface area (TPSA) is 89.4 Å². The number of aromatic nitrogens is 3. The fourth-order valence-electron chi connectivity index (χ4n) is 4.72. The number of piperidine rings is 1. The lowest BCUT2D eigenvalue weighted by Crippen LogP contribution is -2.37. The van der Waals surface area contributed by atoms with Gasteiger partial charge in [0.05, 0.1) is 35.3 Å². The molecule has 0 atom stereocenters. The molecule has 200 valence electrons. The third-order valence-corrected chi connectivity index (χ3v) is 6.72. The summed E-state index contributed by atoms with van der Waals surface area (Å²) in [6.07, 6.45) is 8.30. The number of carbonyl (C=O) groups is 2. The van der Waals surface area contributed by atoms with Crippen molar-refractivity contribution in [3.8, 4) is 11.4 Å². The Hall–Kier alpha value is -4.53. The van der Waals surface area contributed by atoms with Gasteiger partial charge < -0.3 is 15.0 Å². The predicted octanol–water partition coefficient (Wildman–Crippen LogP) is 5.47. The van der Waals surface area contributed by atoms with Gasteiger partial charge in [-0.1, -0.05) is 12.1 Å². The van der Waals surface area contributed by atoms with E-state index in [-0.39, 0.29) is 17.6 Å². The summed E-state index contributed by atoms with van der Waals surface area (Å²) in [6, 6.07) is 15.6. The maximum Gasteiger partial charge on any atom is 0.258 e. The lowest BCUT2D eigenvalue weighted by atomic mass is 9.89. The highest BCUT2D eigenvalue weighted by Crippen LogP contribution is 2.30. The van der Waals surface area contributed by atoms with Gasteiger partial charge in [0.15, 0.2) is 0 Å². The van der Waals surface area contributed by atoms with Crippen molar-refractivity contribution in [1.29, 1.82) is 0 Å². The normalized spacial score (nSPS) is 13.9. The molecule has 4 aromatic rings. The van der Waals surface area contributed by atoms with Crippen molar-refractivity contribution in [2.24, 2.45) is 0 Å². The molecule has 8 nitrogen and oxygen atoms in total. The Morgan fingerprint density at radius 2 is 1.82 bits per heavy atom. The number of hydrogen-bond acceptors (Lipinski definition) is 5. The Labute approximate surface area is 226 Å². The summed E-state index contributed by atoms with van der Waals surface area (Å²) in [7, 11) is 0. The molecule has 2 aromatic carbocycles. The van der Waals surface area contributed by atoms with Gasteiger partial charge in [-0.3, -0.25) is 14.6 Å². The number of hydrogen-bond donors (Lipinski definition) is 1. The Morgan fingerprint density at radius 3 is 2.49 bits per heavy atom. The highest BCUT2D eigenvalue weighted by molar-refractivity contribution is 6.04. The minimum atomic E-state index is -0.631. The number of carbonyl (C=O) groups excluding carboxylic acids is 2. The molecular weight excluding hydrogens is 497 g/mol. The van der Waals surface area contributed by atoms with Crippen LogP contribution in [0.3, 0.4) is 0 Å². The molecule has 39 heavy (non-hydrogen) atoms. The van der Waals surface area contributed by atoms with Crippen LogP contribution >= 0.6 is 0 Å². The van der Waals surface area contributed by atoms with E-state index < -0.39 is 11.7 Å². The van der Waals surface area contributed by atoms with E-state index in [4.69, 9.17) is 4.74 Å². The second-order valence-electron chi connectivity index (χ2n) is 9.84. The van der Waals surface area contributed by atoms with E-state index in [1.807, 2.05) is 55.1 Å². The van der Waals surface area contributed by atoms with Crippen LogP contribution in [-0.4, -0.2) is 50.7 Å². The molecule has 1 fully saturated rings. The molecule has 1 N–H and O–H groups in total. The number of nitrogens with zero attached hydrogens (tertiary/aromatic N) is 4. The smallest absolute Gasteiger partial charge is 0.258 e. The zero-order chi connectivity index (χ0) is 27.4. The largest absolute Gasteiger partial charge is 0.491 e. The van der Waals surface area contributed by atoms with Gasteiger partial charge in [-0.25, -0.2) is 9.07 Å². The molecule has 0 bridgehead atoms. The highest BCUT2D eigenvalue weighted by atomic mass is 19.1. The number of anilines is 1. The Balaban J connectivity index is 1.15. The van der Waals surface area contributed by atoms with Gasteiger partial charge in [0, 0.05) is 37.2 Å². The van der Waals surface area contributed by atoms with Crippen molar-refractivity contribution in [1.82, 2.24) is 19.7 Å². The standard InChI is InChI=1S/C30H30FN5O3/c1-20(2)39-26-9-10-27(28(31)16-26)29(37)34-24-7-5-21(6-8-24)22-11-14-35(15-12-22)30(38)23-17-33-36(19-23)25-4-3-13-32-18-25/h3-10,13,16-20,22H,11-12,14-15H2,1-2H3,(H,34,37). The number of ether oxygens (including phenoxy) is 1. The average Bonchev–Trinajstić information content (AvgIpc) is 3.44. The van der Waals surface area contributed by atoms with Gasteiger partial charge in [0.25, 0.3) is 11.8 Å². The molecule has 0 spiro atoms. The van der Waals surface area contributed by atoms with Gasteiger partial charge in [-0.2, -0.15) is 5.10 Å². The van der Waals surface area contributed by atoms with Gasteiger partial charge in [0.2, 0.25) is 0 Å². The maximum atomic E-state index is 14.5. The lowest BCUT2D eigenvalue weighted by molar-refractivity contribution is 0.0713. The molecule has 0 saturated carbocycles. The first kappa shape index (κ1) is 26.1. The lowest BCUT2D eigenvalue weighted by Gasteiger charge is -2.32. The van der Waals surface area contributed by atoms with Gasteiger partial charge >= 0.3 is 0 Å². The molecule has 5 rings (SSSR count). The van der Waals surface area contributed by atoms with Crippen LogP contribution in [-0.2, 0) is 0 Å². The van der Waals surface area contributed by atoms with E-state index in [9.17, 15) is 14.0 Å². The summed E-state index contributed by atoms with van der Waals surface area (Å²) in [6.45, 7) is 5.00. The maximum absolute atomic E-state index is 14.5. The predicted molar refractivity (Wildman–Crippen MR) is 146 cm³/mol.